The minimum atomic E-state index is -0.315. The highest BCUT2D eigenvalue weighted by atomic mass is 16.5. The number of aryl methyl sites for hydroxylation is 1. The van der Waals surface area contributed by atoms with Crippen molar-refractivity contribution in [3.63, 3.8) is 0 Å². The fraction of sp³-hybridized carbons (Fsp3) is 0.529. The van der Waals surface area contributed by atoms with Crippen molar-refractivity contribution in [2.24, 2.45) is 0 Å². The molecule has 23 heavy (non-hydrogen) atoms. The monoisotopic (exact) mass is 316 g/mol. The normalized spacial score (nSPS) is 21.7. The number of hydrogen-bond donors (Lipinski definition) is 1. The van der Waals surface area contributed by atoms with Crippen LogP contribution in [-0.4, -0.2) is 44.5 Å². The van der Waals surface area contributed by atoms with E-state index in [9.17, 15) is 5.11 Å². The smallest absolute Gasteiger partial charge is 0.147 e. The fourth-order valence-corrected chi connectivity index (χ4v) is 3.38. The SMILES string of the molecule is CCn1c(C)nnc1CN1C[C@H](O)C[C@@H]1c1cccc(OC)c1. The first-order valence-corrected chi connectivity index (χ1v) is 8.07. The van der Waals surface area contributed by atoms with E-state index in [1.54, 1.807) is 7.11 Å². The van der Waals surface area contributed by atoms with Crippen LogP contribution in [0, 0.1) is 6.92 Å². The molecule has 1 fully saturated rings. The maximum Gasteiger partial charge on any atom is 0.147 e. The van der Waals surface area contributed by atoms with Crippen LogP contribution in [0.5, 0.6) is 5.75 Å². The molecule has 0 radical (unpaired) electrons. The first kappa shape index (κ1) is 16.0. The van der Waals surface area contributed by atoms with Gasteiger partial charge < -0.3 is 14.4 Å². The fourth-order valence-electron chi connectivity index (χ4n) is 3.38. The lowest BCUT2D eigenvalue weighted by molar-refractivity contribution is 0.170. The molecular weight excluding hydrogens is 292 g/mol. The Labute approximate surface area is 136 Å². The third-order valence-corrected chi connectivity index (χ3v) is 4.53. The van der Waals surface area contributed by atoms with Gasteiger partial charge in [-0.15, -0.1) is 10.2 Å². The van der Waals surface area contributed by atoms with E-state index in [-0.39, 0.29) is 12.1 Å². The molecule has 1 aromatic heterocycles. The lowest BCUT2D eigenvalue weighted by atomic mass is 10.0. The van der Waals surface area contributed by atoms with Crippen molar-refractivity contribution in [2.75, 3.05) is 13.7 Å². The first-order chi connectivity index (χ1) is 11.1. The second-order valence-electron chi connectivity index (χ2n) is 6.02. The summed E-state index contributed by atoms with van der Waals surface area (Å²) in [6.07, 6.45) is 0.414. The Hall–Kier alpha value is -1.92. The quantitative estimate of drug-likeness (QED) is 0.913. The van der Waals surface area contributed by atoms with E-state index in [4.69, 9.17) is 4.74 Å². The van der Waals surface area contributed by atoms with E-state index >= 15 is 0 Å². The van der Waals surface area contributed by atoms with Crippen LogP contribution in [0.4, 0.5) is 0 Å². The summed E-state index contributed by atoms with van der Waals surface area (Å²) in [6.45, 7) is 6.26. The Morgan fingerprint density at radius 3 is 2.91 bits per heavy atom. The van der Waals surface area contributed by atoms with E-state index in [0.717, 1.165) is 30.4 Å². The summed E-state index contributed by atoms with van der Waals surface area (Å²) in [4.78, 5) is 2.27. The predicted octanol–water partition coefficient (Wildman–Crippen LogP) is 1.92. The molecule has 0 aliphatic carbocycles. The van der Waals surface area contributed by atoms with Crippen molar-refractivity contribution >= 4 is 0 Å². The van der Waals surface area contributed by atoms with Crippen LogP contribution in [0.2, 0.25) is 0 Å². The van der Waals surface area contributed by atoms with Crippen LogP contribution in [0.3, 0.4) is 0 Å². The van der Waals surface area contributed by atoms with E-state index < -0.39 is 0 Å². The Bertz CT molecular complexity index is 670. The van der Waals surface area contributed by atoms with Crippen molar-refractivity contribution in [3.8, 4) is 5.75 Å². The average molecular weight is 316 g/mol. The third-order valence-electron chi connectivity index (χ3n) is 4.53. The molecule has 0 amide bonds. The molecule has 6 heteroatoms. The van der Waals surface area contributed by atoms with E-state index in [0.29, 0.717) is 13.1 Å². The summed E-state index contributed by atoms with van der Waals surface area (Å²) in [5.74, 6) is 2.73. The van der Waals surface area contributed by atoms with Gasteiger partial charge in [-0.3, -0.25) is 4.90 Å². The summed E-state index contributed by atoms with van der Waals surface area (Å²) in [7, 11) is 1.67. The van der Waals surface area contributed by atoms with Crippen LogP contribution >= 0.6 is 0 Å². The lowest BCUT2D eigenvalue weighted by Crippen LogP contribution is -2.26. The lowest BCUT2D eigenvalue weighted by Gasteiger charge is -2.24. The number of aliphatic hydroxyl groups is 1. The Kier molecular flexibility index (Phi) is 4.63. The zero-order chi connectivity index (χ0) is 16.4. The topological polar surface area (TPSA) is 63.4 Å². The molecular formula is C17H24N4O2. The molecule has 124 valence electrons. The highest BCUT2D eigenvalue weighted by molar-refractivity contribution is 5.31. The molecule has 1 aliphatic heterocycles. The first-order valence-electron chi connectivity index (χ1n) is 8.07. The second kappa shape index (κ2) is 6.68. The molecule has 1 aliphatic rings. The zero-order valence-electron chi connectivity index (χ0n) is 13.9. The number of nitrogens with zero attached hydrogens (tertiary/aromatic N) is 4. The number of ether oxygens (including phenoxy) is 1. The number of aliphatic hydroxyl groups excluding tert-OH is 1. The van der Waals surface area contributed by atoms with Crippen LogP contribution in [0.15, 0.2) is 24.3 Å². The summed E-state index contributed by atoms with van der Waals surface area (Å²) >= 11 is 0. The van der Waals surface area contributed by atoms with Gasteiger partial charge in [-0.2, -0.15) is 0 Å². The summed E-state index contributed by atoms with van der Waals surface area (Å²) in [5, 5.41) is 18.6. The van der Waals surface area contributed by atoms with Gasteiger partial charge in [0.2, 0.25) is 0 Å². The van der Waals surface area contributed by atoms with Gasteiger partial charge in [0.1, 0.15) is 17.4 Å². The second-order valence-corrected chi connectivity index (χ2v) is 6.02. The maximum absolute atomic E-state index is 10.2. The number of benzene rings is 1. The minimum absolute atomic E-state index is 0.169. The van der Waals surface area contributed by atoms with Gasteiger partial charge in [-0.05, 0) is 38.0 Å². The summed E-state index contributed by atoms with van der Waals surface area (Å²) < 4.78 is 7.45. The molecule has 1 aromatic carbocycles. The third kappa shape index (κ3) is 3.23. The van der Waals surface area contributed by atoms with Crippen molar-refractivity contribution in [3.05, 3.63) is 41.5 Å². The number of rotatable bonds is 5. The molecule has 6 nitrogen and oxygen atoms in total. The molecule has 2 aromatic rings. The zero-order valence-corrected chi connectivity index (χ0v) is 13.9. The van der Waals surface area contributed by atoms with Crippen molar-refractivity contribution < 1.29 is 9.84 Å². The number of likely N-dealkylation sites (tertiary alicyclic amines) is 1. The molecule has 1 N–H and O–H groups in total. The summed E-state index contributed by atoms with van der Waals surface area (Å²) in [6, 6.07) is 8.24. The number of aromatic nitrogens is 3. The highest BCUT2D eigenvalue weighted by Gasteiger charge is 2.33. The maximum atomic E-state index is 10.2. The summed E-state index contributed by atoms with van der Waals surface area (Å²) in [5.41, 5.74) is 1.17. The van der Waals surface area contributed by atoms with E-state index in [1.807, 2.05) is 25.1 Å². The molecule has 2 atom stereocenters. The Morgan fingerprint density at radius 2 is 2.17 bits per heavy atom. The Balaban J connectivity index is 1.84. The molecule has 1 saturated heterocycles. The number of β-amino-alcohol motifs (C(OH)–C–C–N with tert-alkyl or cyclic N) is 1. The molecule has 0 saturated carbocycles. The molecule has 0 unspecified atom stereocenters. The molecule has 2 heterocycles. The van der Waals surface area contributed by atoms with Gasteiger partial charge in [-0.1, -0.05) is 12.1 Å². The van der Waals surface area contributed by atoms with Crippen LogP contribution < -0.4 is 4.74 Å². The van der Waals surface area contributed by atoms with Gasteiger partial charge in [0.15, 0.2) is 0 Å². The van der Waals surface area contributed by atoms with Gasteiger partial charge in [-0.25, -0.2) is 0 Å². The van der Waals surface area contributed by atoms with E-state index in [1.165, 1.54) is 5.56 Å². The minimum Gasteiger partial charge on any atom is -0.497 e. The van der Waals surface area contributed by atoms with E-state index in [2.05, 4.69) is 32.7 Å². The average Bonchev–Trinajstić information content (AvgIpc) is 3.10. The Morgan fingerprint density at radius 1 is 1.35 bits per heavy atom. The predicted molar refractivity (Wildman–Crippen MR) is 87.2 cm³/mol. The van der Waals surface area contributed by atoms with Crippen molar-refractivity contribution in [1.29, 1.82) is 0 Å². The van der Waals surface area contributed by atoms with Crippen molar-refractivity contribution in [1.82, 2.24) is 19.7 Å². The number of hydrogen-bond acceptors (Lipinski definition) is 5. The largest absolute Gasteiger partial charge is 0.497 e. The number of methoxy groups -OCH3 is 1. The standard InChI is InChI=1S/C17H24N4O2/c1-4-21-12(2)18-19-17(21)11-20-10-14(22)9-16(20)13-6-5-7-15(8-13)23-3/h5-8,14,16,22H,4,9-11H2,1-3H3/t14-,16-/m1/s1. The van der Waals surface area contributed by atoms with Crippen LogP contribution in [-0.2, 0) is 13.1 Å². The van der Waals surface area contributed by atoms with Crippen LogP contribution in [0.25, 0.3) is 0 Å². The highest BCUT2D eigenvalue weighted by Crippen LogP contribution is 2.34. The van der Waals surface area contributed by atoms with Crippen molar-refractivity contribution in [2.45, 2.75) is 45.5 Å². The van der Waals surface area contributed by atoms with Gasteiger partial charge in [0.25, 0.3) is 0 Å². The molecule has 0 bridgehead atoms. The van der Waals surface area contributed by atoms with Gasteiger partial charge in [0, 0.05) is 19.1 Å². The molecule has 0 spiro atoms. The van der Waals surface area contributed by atoms with Gasteiger partial charge >= 0.3 is 0 Å². The molecule has 3 rings (SSSR count). The van der Waals surface area contributed by atoms with Gasteiger partial charge in [0.05, 0.1) is 19.8 Å². The van der Waals surface area contributed by atoms with Crippen LogP contribution in [0.1, 0.15) is 36.6 Å².